The summed E-state index contributed by atoms with van der Waals surface area (Å²) in [6, 6.07) is 14.0. The number of thiazole rings is 1. The molecule has 3 aromatic rings. The van der Waals surface area contributed by atoms with E-state index in [0.29, 0.717) is 32.1 Å². The molecule has 6 nitrogen and oxygen atoms in total. The van der Waals surface area contributed by atoms with Crippen LogP contribution in [-0.2, 0) is 9.53 Å². The van der Waals surface area contributed by atoms with Crippen LogP contribution in [0.4, 0.5) is 0 Å². The van der Waals surface area contributed by atoms with Gasteiger partial charge in [0, 0.05) is 18.7 Å². The molecular weight excluding hydrogens is 392 g/mol. The van der Waals surface area contributed by atoms with Crippen molar-refractivity contribution >= 4 is 29.0 Å². The summed E-state index contributed by atoms with van der Waals surface area (Å²) >= 11 is 3.03. The molecular formula is C20H20N4O2S2. The van der Waals surface area contributed by atoms with Crippen LogP contribution in [0.1, 0.15) is 5.69 Å². The van der Waals surface area contributed by atoms with Gasteiger partial charge in [-0.3, -0.25) is 4.79 Å². The molecule has 0 atom stereocenters. The van der Waals surface area contributed by atoms with E-state index in [2.05, 4.69) is 27.3 Å². The molecule has 1 aromatic carbocycles. The van der Waals surface area contributed by atoms with Gasteiger partial charge in [-0.15, -0.1) is 21.5 Å². The van der Waals surface area contributed by atoms with Gasteiger partial charge >= 0.3 is 0 Å². The van der Waals surface area contributed by atoms with Crippen molar-refractivity contribution in [3.63, 3.8) is 0 Å². The monoisotopic (exact) mass is 412 g/mol. The number of aryl methyl sites for hydroxylation is 1. The lowest BCUT2D eigenvalue weighted by Crippen LogP contribution is -2.41. The molecule has 3 heterocycles. The van der Waals surface area contributed by atoms with E-state index < -0.39 is 0 Å². The number of hydrogen-bond acceptors (Lipinski definition) is 7. The zero-order chi connectivity index (χ0) is 19.3. The van der Waals surface area contributed by atoms with Crippen LogP contribution in [0.5, 0.6) is 0 Å². The number of ether oxygens (including phenoxy) is 1. The Balaban J connectivity index is 1.42. The molecule has 0 radical (unpaired) electrons. The third kappa shape index (κ3) is 4.40. The van der Waals surface area contributed by atoms with Gasteiger partial charge in [0.15, 0.2) is 0 Å². The van der Waals surface area contributed by atoms with Gasteiger partial charge in [0.05, 0.1) is 29.5 Å². The van der Waals surface area contributed by atoms with Crippen LogP contribution in [0.15, 0.2) is 47.5 Å². The first-order valence-electron chi connectivity index (χ1n) is 9.06. The number of carbonyl (C=O) groups is 1. The van der Waals surface area contributed by atoms with Crippen molar-refractivity contribution in [2.45, 2.75) is 11.9 Å². The maximum absolute atomic E-state index is 12.2. The largest absolute Gasteiger partial charge is 0.378 e. The molecule has 0 spiro atoms. The van der Waals surface area contributed by atoms with E-state index in [0.717, 1.165) is 31.9 Å². The number of rotatable bonds is 5. The molecule has 4 rings (SSSR count). The zero-order valence-corrected chi connectivity index (χ0v) is 17.1. The van der Waals surface area contributed by atoms with Crippen molar-refractivity contribution in [1.82, 2.24) is 20.1 Å². The highest BCUT2D eigenvalue weighted by molar-refractivity contribution is 7.99. The first kappa shape index (κ1) is 19.0. The van der Waals surface area contributed by atoms with Gasteiger partial charge in [0.2, 0.25) is 5.91 Å². The summed E-state index contributed by atoms with van der Waals surface area (Å²) in [5.74, 6) is 0.483. The van der Waals surface area contributed by atoms with Gasteiger partial charge in [-0.25, -0.2) is 4.98 Å². The van der Waals surface area contributed by atoms with E-state index >= 15 is 0 Å². The summed E-state index contributed by atoms with van der Waals surface area (Å²) in [5, 5.41) is 10.4. The number of nitrogens with zero attached hydrogens (tertiary/aromatic N) is 4. The molecule has 8 heteroatoms. The van der Waals surface area contributed by atoms with E-state index in [1.807, 2.05) is 42.2 Å². The second kappa shape index (κ2) is 8.81. The van der Waals surface area contributed by atoms with Gasteiger partial charge in [-0.2, -0.15) is 0 Å². The number of benzene rings is 1. The van der Waals surface area contributed by atoms with Crippen LogP contribution >= 0.6 is 23.1 Å². The lowest BCUT2D eigenvalue weighted by Gasteiger charge is -2.26. The van der Waals surface area contributed by atoms with Crippen LogP contribution < -0.4 is 0 Å². The molecule has 0 saturated carbocycles. The minimum Gasteiger partial charge on any atom is -0.378 e. The summed E-state index contributed by atoms with van der Waals surface area (Å²) in [6.07, 6.45) is 0. The predicted molar refractivity (Wildman–Crippen MR) is 111 cm³/mol. The smallest absolute Gasteiger partial charge is 0.233 e. The van der Waals surface area contributed by atoms with Crippen LogP contribution in [-0.4, -0.2) is 58.0 Å². The fourth-order valence-corrected chi connectivity index (χ4v) is 4.65. The highest BCUT2D eigenvalue weighted by atomic mass is 32.2. The number of thioether (sulfide) groups is 1. The Morgan fingerprint density at radius 2 is 1.93 bits per heavy atom. The second-order valence-electron chi connectivity index (χ2n) is 6.34. The Labute approximate surface area is 172 Å². The quantitative estimate of drug-likeness (QED) is 0.597. The number of amides is 1. The molecule has 2 aromatic heterocycles. The minimum atomic E-state index is 0.116. The SMILES string of the molecule is Cc1nc(-c2ccccc2)sc1-c1ccc(SCC(=O)N2CCOCC2)nn1. The van der Waals surface area contributed by atoms with Crippen molar-refractivity contribution in [2.75, 3.05) is 32.1 Å². The second-order valence-corrected chi connectivity index (χ2v) is 8.33. The Kier molecular flexibility index (Phi) is 5.99. The number of morpholine rings is 1. The standard InChI is InChI=1S/C20H20N4O2S2/c1-14-19(28-20(21-14)15-5-3-2-4-6-15)16-7-8-17(23-22-16)27-13-18(25)24-9-11-26-12-10-24/h2-8H,9-13H2,1H3. The van der Waals surface area contributed by atoms with Crippen molar-refractivity contribution in [3.05, 3.63) is 48.2 Å². The average molecular weight is 413 g/mol. The van der Waals surface area contributed by atoms with Gasteiger partial charge in [0.1, 0.15) is 15.7 Å². The molecule has 1 amide bonds. The molecule has 1 fully saturated rings. The predicted octanol–water partition coefficient (Wildman–Crippen LogP) is 3.53. The summed E-state index contributed by atoms with van der Waals surface area (Å²) in [4.78, 5) is 19.8. The van der Waals surface area contributed by atoms with Crippen LogP contribution in [0.25, 0.3) is 21.1 Å². The average Bonchev–Trinajstić information content (AvgIpc) is 3.15. The zero-order valence-electron chi connectivity index (χ0n) is 15.5. The Bertz CT molecular complexity index is 939. The minimum absolute atomic E-state index is 0.116. The third-order valence-corrected chi connectivity index (χ3v) is 6.53. The van der Waals surface area contributed by atoms with E-state index in [9.17, 15) is 4.79 Å². The molecule has 28 heavy (non-hydrogen) atoms. The van der Waals surface area contributed by atoms with Crippen molar-refractivity contribution in [1.29, 1.82) is 0 Å². The summed E-state index contributed by atoms with van der Waals surface area (Å²) in [7, 11) is 0. The first-order chi connectivity index (χ1) is 13.7. The van der Waals surface area contributed by atoms with E-state index in [4.69, 9.17) is 4.74 Å². The topological polar surface area (TPSA) is 68.2 Å². The van der Waals surface area contributed by atoms with Crippen molar-refractivity contribution < 1.29 is 9.53 Å². The fourth-order valence-electron chi connectivity index (χ4n) is 2.90. The highest BCUT2D eigenvalue weighted by Gasteiger charge is 2.17. The van der Waals surface area contributed by atoms with Crippen LogP contribution in [0.2, 0.25) is 0 Å². The third-order valence-electron chi connectivity index (χ3n) is 4.40. The molecule has 1 aliphatic heterocycles. The molecule has 0 bridgehead atoms. The van der Waals surface area contributed by atoms with E-state index in [1.54, 1.807) is 11.3 Å². The lowest BCUT2D eigenvalue weighted by molar-refractivity contribution is -0.132. The highest BCUT2D eigenvalue weighted by Crippen LogP contribution is 2.34. The summed E-state index contributed by atoms with van der Waals surface area (Å²) in [6.45, 7) is 4.55. The van der Waals surface area contributed by atoms with Crippen LogP contribution in [0.3, 0.4) is 0 Å². The van der Waals surface area contributed by atoms with E-state index in [1.165, 1.54) is 11.8 Å². The van der Waals surface area contributed by atoms with Crippen molar-refractivity contribution in [2.24, 2.45) is 0 Å². The maximum atomic E-state index is 12.2. The molecule has 144 valence electrons. The Morgan fingerprint density at radius 1 is 1.14 bits per heavy atom. The molecule has 1 saturated heterocycles. The van der Waals surface area contributed by atoms with Crippen molar-refractivity contribution in [3.8, 4) is 21.1 Å². The number of aromatic nitrogens is 3. The van der Waals surface area contributed by atoms with Gasteiger partial charge < -0.3 is 9.64 Å². The normalized spacial score (nSPS) is 14.2. The molecule has 1 aliphatic rings. The number of hydrogen-bond donors (Lipinski definition) is 0. The van der Waals surface area contributed by atoms with Crippen LogP contribution in [0, 0.1) is 6.92 Å². The molecule has 0 unspecified atom stereocenters. The Morgan fingerprint density at radius 3 is 2.64 bits per heavy atom. The first-order valence-corrected chi connectivity index (χ1v) is 10.9. The molecule has 0 aliphatic carbocycles. The lowest BCUT2D eigenvalue weighted by atomic mass is 10.2. The Hall–Kier alpha value is -2.29. The van der Waals surface area contributed by atoms with Gasteiger partial charge in [-0.1, -0.05) is 42.1 Å². The molecule has 0 N–H and O–H groups in total. The van der Waals surface area contributed by atoms with E-state index in [-0.39, 0.29) is 5.91 Å². The van der Waals surface area contributed by atoms with Gasteiger partial charge in [0.25, 0.3) is 0 Å². The summed E-state index contributed by atoms with van der Waals surface area (Å²) in [5.41, 5.74) is 2.85. The number of carbonyl (C=O) groups excluding carboxylic acids is 1. The maximum Gasteiger partial charge on any atom is 0.233 e. The summed E-state index contributed by atoms with van der Waals surface area (Å²) < 4.78 is 5.28. The van der Waals surface area contributed by atoms with Gasteiger partial charge in [-0.05, 0) is 19.1 Å². The fraction of sp³-hybridized carbons (Fsp3) is 0.300.